The topological polar surface area (TPSA) is 0 Å². The first-order valence-corrected chi connectivity index (χ1v) is 12.2. The molecule has 0 aliphatic carbocycles. The van der Waals surface area contributed by atoms with Crippen molar-refractivity contribution < 1.29 is 13.4 Å². The molecule has 0 fully saturated rings. The molecule has 0 atom stereocenters. The molecule has 0 bridgehead atoms. The standard InChI is InChI=1S/C8H17.3ClH.Ti/c1-3-5-7-8-6-4-2;;;;/h1,3-8H2,2H3;3*1H;/q;;;;+3/p-3. The van der Waals surface area contributed by atoms with Crippen molar-refractivity contribution in [3.05, 3.63) is 0 Å². The zero-order valence-corrected chi connectivity index (χ0v) is 11.4. The van der Waals surface area contributed by atoms with Crippen LogP contribution in [-0.4, -0.2) is 0 Å². The van der Waals surface area contributed by atoms with Crippen molar-refractivity contribution in [1.82, 2.24) is 0 Å². The van der Waals surface area contributed by atoms with Crippen molar-refractivity contribution in [3.63, 3.8) is 0 Å². The molecule has 0 nitrogen and oxygen atoms in total. The minimum atomic E-state index is -2.75. The van der Waals surface area contributed by atoms with Crippen LogP contribution in [0.4, 0.5) is 0 Å². The van der Waals surface area contributed by atoms with Crippen molar-refractivity contribution in [2.75, 3.05) is 0 Å². The summed E-state index contributed by atoms with van der Waals surface area (Å²) in [5.41, 5.74) is 0. The van der Waals surface area contributed by atoms with E-state index >= 15 is 0 Å². The van der Waals surface area contributed by atoms with Crippen LogP contribution in [0, 0.1) is 0 Å². The third kappa shape index (κ3) is 11.6. The third-order valence-corrected chi connectivity index (χ3v) is 5.59. The molecule has 0 aliphatic heterocycles. The fraction of sp³-hybridized carbons (Fsp3) is 1.00. The van der Waals surface area contributed by atoms with Gasteiger partial charge in [-0.05, 0) is 0 Å². The van der Waals surface area contributed by atoms with Crippen LogP contribution in [0.3, 0.4) is 0 Å². The molecule has 0 N–H and O–H groups in total. The quantitative estimate of drug-likeness (QED) is 0.429. The second-order valence-electron chi connectivity index (χ2n) is 3.13. The van der Waals surface area contributed by atoms with Gasteiger partial charge in [-0.1, -0.05) is 0 Å². The van der Waals surface area contributed by atoms with E-state index in [9.17, 15) is 0 Å². The fourth-order valence-electron chi connectivity index (χ4n) is 1.11. The molecule has 4 heteroatoms. The van der Waals surface area contributed by atoms with E-state index in [0.29, 0.717) is 0 Å². The predicted molar refractivity (Wildman–Crippen MR) is 55.7 cm³/mol. The Balaban J connectivity index is 3.01. The summed E-state index contributed by atoms with van der Waals surface area (Å²) in [4.78, 5) is 0. The fourth-order valence-corrected chi connectivity index (χ4v) is 3.78. The molecule has 0 aliphatic rings. The third-order valence-electron chi connectivity index (χ3n) is 1.81. The van der Waals surface area contributed by atoms with E-state index in [1.165, 1.54) is 32.1 Å². The second kappa shape index (κ2) is 7.94. The van der Waals surface area contributed by atoms with E-state index in [2.05, 4.69) is 6.92 Å². The van der Waals surface area contributed by atoms with E-state index in [1.54, 1.807) is 0 Å². The Hall–Kier alpha value is 1.58. The monoisotopic (exact) mass is 266 g/mol. The van der Waals surface area contributed by atoms with Crippen LogP contribution in [0.15, 0.2) is 0 Å². The molecule has 0 rings (SSSR count). The number of hydrogen-bond acceptors (Lipinski definition) is 0. The van der Waals surface area contributed by atoms with Gasteiger partial charge in [-0.15, -0.1) is 0 Å². The van der Waals surface area contributed by atoms with Gasteiger partial charge in [0.15, 0.2) is 0 Å². The van der Waals surface area contributed by atoms with Crippen LogP contribution in [-0.2, 0) is 13.4 Å². The van der Waals surface area contributed by atoms with Gasteiger partial charge in [-0.25, -0.2) is 0 Å². The molecule has 0 spiro atoms. The Kier molecular flexibility index (Phi) is 8.99. The van der Waals surface area contributed by atoms with Crippen LogP contribution >= 0.6 is 27.9 Å². The van der Waals surface area contributed by atoms with Crippen molar-refractivity contribution >= 4 is 27.9 Å². The van der Waals surface area contributed by atoms with Crippen LogP contribution in [0.1, 0.15) is 45.4 Å². The van der Waals surface area contributed by atoms with E-state index in [-0.39, 0.29) is 0 Å². The summed E-state index contributed by atoms with van der Waals surface area (Å²) in [6.07, 6.45) is 7.62. The Morgan fingerprint density at radius 2 is 1.33 bits per heavy atom. The summed E-state index contributed by atoms with van der Waals surface area (Å²) >= 11 is -2.75. The number of hydrogen-bond donors (Lipinski definition) is 0. The maximum absolute atomic E-state index is 5.79. The van der Waals surface area contributed by atoms with Gasteiger partial charge in [0.1, 0.15) is 0 Å². The minimum absolute atomic E-state index is 0.872. The van der Waals surface area contributed by atoms with Crippen LogP contribution < -0.4 is 0 Å². The second-order valence-corrected chi connectivity index (χ2v) is 16.2. The van der Waals surface area contributed by atoms with Crippen molar-refractivity contribution in [2.45, 2.75) is 50.2 Å². The summed E-state index contributed by atoms with van der Waals surface area (Å²) < 4.78 is 0.872. The summed E-state index contributed by atoms with van der Waals surface area (Å²) in [5, 5.41) is 0. The molecule has 0 heterocycles. The summed E-state index contributed by atoms with van der Waals surface area (Å²) in [6, 6.07) is 0. The molecule has 12 heavy (non-hydrogen) atoms. The summed E-state index contributed by atoms with van der Waals surface area (Å²) in [6.45, 7) is 2.22. The Morgan fingerprint density at radius 1 is 0.833 bits per heavy atom. The average molecular weight is 267 g/mol. The van der Waals surface area contributed by atoms with Crippen molar-refractivity contribution in [1.29, 1.82) is 0 Å². The van der Waals surface area contributed by atoms with Crippen LogP contribution in [0.25, 0.3) is 0 Å². The first-order valence-electron chi connectivity index (χ1n) is 4.63. The molecule has 0 aromatic rings. The van der Waals surface area contributed by atoms with Gasteiger partial charge in [0.05, 0.1) is 0 Å². The molecular formula is C8H17Cl3Ti. The molecule has 0 amide bonds. The summed E-state index contributed by atoms with van der Waals surface area (Å²) in [7, 11) is 17.4. The van der Waals surface area contributed by atoms with E-state index in [1.807, 2.05) is 0 Å². The average Bonchev–Trinajstić information content (AvgIpc) is 1.94. The summed E-state index contributed by atoms with van der Waals surface area (Å²) in [5.74, 6) is 0. The van der Waals surface area contributed by atoms with Crippen LogP contribution in [0.2, 0.25) is 4.73 Å². The first-order chi connectivity index (χ1) is 5.56. The maximum atomic E-state index is 5.79. The molecule has 0 saturated heterocycles. The first kappa shape index (κ1) is 13.6. The number of rotatable bonds is 7. The Labute approximate surface area is 90.9 Å². The van der Waals surface area contributed by atoms with Crippen molar-refractivity contribution in [3.8, 4) is 0 Å². The molecule has 0 radical (unpaired) electrons. The molecule has 0 aromatic carbocycles. The van der Waals surface area contributed by atoms with E-state index in [4.69, 9.17) is 27.9 Å². The van der Waals surface area contributed by atoms with Crippen molar-refractivity contribution in [2.24, 2.45) is 0 Å². The molecule has 0 aromatic heterocycles. The Morgan fingerprint density at radius 3 is 1.83 bits per heavy atom. The van der Waals surface area contributed by atoms with Gasteiger partial charge in [-0.3, -0.25) is 0 Å². The van der Waals surface area contributed by atoms with Gasteiger partial charge in [0.2, 0.25) is 0 Å². The van der Waals surface area contributed by atoms with Gasteiger partial charge in [0, 0.05) is 0 Å². The van der Waals surface area contributed by atoms with Crippen LogP contribution in [0.5, 0.6) is 0 Å². The van der Waals surface area contributed by atoms with Gasteiger partial charge < -0.3 is 0 Å². The molecule has 0 unspecified atom stereocenters. The zero-order chi connectivity index (χ0) is 9.45. The van der Waals surface area contributed by atoms with Gasteiger partial charge in [0.25, 0.3) is 0 Å². The Bertz CT molecular complexity index is 101. The van der Waals surface area contributed by atoms with E-state index in [0.717, 1.165) is 11.1 Å². The molecule has 0 saturated carbocycles. The zero-order valence-electron chi connectivity index (χ0n) is 7.58. The number of halogens is 3. The van der Waals surface area contributed by atoms with Gasteiger partial charge in [-0.2, -0.15) is 0 Å². The normalized spacial score (nSPS) is 12.0. The number of unbranched alkanes of at least 4 members (excludes halogenated alkanes) is 5. The predicted octanol–water partition coefficient (Wildman–Crippen LogP) is 5.38. The molecule has 74 valence electrons. The van der Waals surface area contributed by atoms with Gasteiger partial charge >= 0.3 is 91.5 Å². The molecular weight excluding hydrogens is 250 g/mol. The van der Waals surface area contributed by atoms with E-state index < -0.39 is 13.4 Å². The SMILES string of the molecule is CCCCCCC[CH2][Ti]([Cl])([Cl])[Cl].